The van der Waals surface area contributed by atoms with Gasteiger partial charge in [-0.2, -0.15) is 0 Å². The highest BCUT2D eigenvalue weighted by molar-refractivity contribution is 5.89. The van der Waals surface area contributed by atoms with E-state index in [1.165, 1.54) is 0 Å². The minimum atomic E-state index is 0.870. The standard InChI is InChI=1S/C17H20N4O/c1-10-6-7-14(22-5)12(3)15(10)20-13-8-11(2)19-17-16(13)18-9-21(17)4/h6-9H,1-5H3,(H,19,20). The van der Waals surface area contributed by atoms with E-state index in [1.807, 2.05) is 30.7 Å². The summed E-state index contributed by atoms with van der Waals surface area (Å²) in [7, 11) is 3.64. The molecule has 0 aliphatic carbocycles. The van der Waals surface area contributed by atoms with Gasteiger partial charge in [0.1, 0.15) is 11.3 Å². The molecule has 5 nitrogen and oxygen atoms in total. The van der Waals surface area contributed by atoms with Crippen LogP contribution in [-0.4, -0.2) is 21.6 Å². The first-order chi connectivity index (χ1) is 10.5. The summed E-state index contributed by atoms with van der Waals surface area (Å²) in [5.41, 5.74) is 6.96. The maximum Gasteiger partial charge on any atom is 0.161 e. The fourth-order valence-electron chi connectivity index (χ4n) is 2.69. The van der Waals surface area contributed by atoms with Crippen LogP contribution in [-0.2, 0) is 7.05 Å². The molecule has 0 fully saturated rings. The summed E-state index contributed by atoms with van der Waals surface area (Å²) < 4.78 is 7.35. The molecule has 0 atom stereocenters. The highest BCUT2D eigenvalue weighted by Crippen LogP contribution is 2.33. The van der Waals surface area contributed by atoms with Crippen molar-refractivity contribution in [1.82, 2.24) is 14.5 Å². The Morgan fingerprint density at radius 3 is 2.68 bits per heavy atom. The number of aryl methyl sites for hydroxylation is 3. The molecule has 22 heavy (non-hydrogen) atoms. The van der Waals surface area contributed by atoms with Crippen LogP contribution in [0.1, 0.15) is 16.8 Å². The van der Waals surface area contributed by atoms with Gasteiger partial charge in [0.05, 0.1) is 19.1 Å². The molecule has 5 heteroatoms. The Labute approximate surface area is 130 Å². The number of rotatable bonds is 3. The second kappa shape index (κ2) is 5.33. The minimum Gasteiger partial charge on any atom is -0.496 e. The number of benzene rings is 1. The van der Waals surface area contributed by atoms with Gasteiger partial charge in [0.2, 0.25) is 0 Å². The molecule has 114 valence electrons. The van der Waals surface area contributed by atoms with Gasteiger partial charge < -0.3 is 14.6 Å². The van der Waals surface area contributed by atoms with Gasteiger partial charge in [-0.25, -0.2) is 9.97 Å². The van der Waals surface area contributed by atoms with Crippen molar-refractivity contribution in [3.63, 3.8) is 0 Å². The quantitative estimate of drug-likeness (QED) is 0.801. The molecule has 0 saturated carbocycles. The van der Waals surface area contributed by atoms with Crippen LogP contribution in [0, 0.1) is 20.8 Å². The first-order valence-corrected chi connectivity index (χ1v) is 7.21. The number of imidazole rings is 1. The molecule has 0 amide bonds. The van der Waals surface area contributed by atoms with Crippen molar-refractivity contribution in [2.75, 3.05) is 12.4 Å². The van der Waals surface area contributed by atoms with Gasteiger partial charge >= 0.3 is 0 Å². The third-order valence-electron chi connectivity index (χ3n) is 3.90. The van der Waals surface area contributed by atoms with Crippen molar-refractivity contribution in [3.05, 3.63) is 41.3 Å². The normalized spacial score (nSPS) is 11.0. The fourth-order valence-corrected chi connectivity index (χ4v) is 2.69. The third kappa shape index (κ3) is 2.28. The molecule has 2 aromatic heterocycles. The SMILES string of the molecule is COc1ccc(C)c(Nc2cc(C)nc3c2ncn3C)c1C. The molecule has 0 unspecified atom stereocenters. The second-order valence-electron chi connectivity index (χ2n) is 5.55. The Kier molecular flexibility index (Phi) is 3.48. The molecule has 1 aromatic carbocycles. The summed E-state index contributed by atoms with van der Waals surface area (Å²) in [6.45, 7) is 6.12. The molecule has 2 heterocycles. The zero-order chi connectivity index (χ0) is 15.9. The average molecular weight is 296 g/mol. The molecule has 0 spiro atoms. The maximum atomic E-state index is 5.42. The number of methoxy groups -OCH3 is 1. The van der Waals surface area contributed by atoms with Gasteiger partial charge in [0.25, 0.3) is 0 Å². The summed E-state index contributed by atoms with van der Waals surface area (Å²) >= 11 is 0. The van der Waals surface area contributed by atoms with Gasteiger partial charge in [-0.15, -0.1) is 0 Å². The maximum absolute atomic E-state index is 5.42. The first-order valence-electron chi connectivity index (χ1n) is 7.21. The van der Waals surface area contributed by atoms with Crippen LogP contribution in [0.25, 0.3) is 11.2 Å². The van der Waals surface area contributed by atoms with Crippen LogP contribution in [0.5, 0.6) is 5.75 Å². The number of pyridine rings is 1. The number of fused-ring (bicyclic) bond motifs is 1. The van der Waals surface area contributed by atoms with Crippen LogP contribution in [0.4, 0.5) is 11.4 Å². The number of hydrogen-bond acceptors (Lipinski definition) is 4. The van der Waals surface area contributed by atoms with Gasteiger partial charge in [0, 0.05) is 24.0 Å². The Hall–Kier alpha value is -2.56. The molecule has 0 aliphatic heterocycles. The molecule has 0 bridgehead atoms. The zero-order valence-corrected chi connectivity index (χ0v) is 13.6. The summed E-state index contributed by atoms with van der Waals surface area (Å²) in [6, 6.07) is 6.07. The second-order valence-corrected chi connectivity index (χ2v) is 5.55. The lowest BCUT2D eigenvalue weighted by Gasteiger charge is -2.16. The molecule has 3 rings (SSSR count). The highest BCUT2D eigenvalue weighted by Gasteiger charge is 2.13. The van der Waals surface area contributed by atoms with E-state index in [9.17, 15) is 0 Å². The Balaban J connectivity index is 2.15. The lowest BCUT2D eigenvalue weighted by molar-refractivity contribution is 0.412. The summed E-state index contributed by atoms with van der Waals surface area (Å²) in [5.74, 6) is 0.871. The van der Waals surface area contributed by atoms with Gasteiger partial charge in [0.15, 0.2) is 5.65 Å². The number of hydrogen-bond donors (Lipinski definition) is 1. The smallest absolute Gasteiger partial charge is 0.161 e. The Morgan fingerprint density at radius 2 is 1.95 bits per heavy atom. The Morgan fingerprint density at radius 1 is 1.18 bits per heavy atom. The van der Waals surface area contributed by atoms with Crippen molar-refractivity contribution in [2.45, 2.75) is 20.8 Å². The lowest BCUT2D eigenvalue weighted by Crippen LogP contribution is -2.01. The molecular weight excluding hydrogens is 276 g/mol. The summed E-state index contributed by atoms with van der Waals surface area (Å²) in [6.07, 6.45) is 1.79. The summed E-state index contributed by atoms with van der Waals surface area (Å²) in [5, 5.41) is 3.52. The van der Waals surface area contributed by atoms with Crippen molar-refractivity contribution in [3.8, 4) is 5.75 Å². The molecule has 0 aliphatic rings. The molecule has 1 N–H and O–H groups in total. The first kappa shape index (κ1) is 14.4. The molecule has 3 aromatic rings. The average Bonchev–Trinajstić information content (AvgIpc) is 2.85. The lowest BCUT2D eigenvalue weighted by atomic mass is 10.1. The van der Waals surface area contributed by atoms with E-state index in [-0.39, 0.29) is 0 Å². The third-order valence-corrected chi connectivity index (χ3v) is 3.90. The zero-order valence-electron chi connectivity index (χ0n) is 13.6. The number of aromatic nitrogens is 3. The van der Waals surface area contributed by atoms with E-state index in [1.54, 1.807) is 13.4 Å². The van der Waals surface area contributed by atoms with E-state index >= 15 is 0 Å². The van der Waals surface area contributed by atoms with Crippen LogP contribution in [0.2, 0.25) is 0 Å². The molecule has 0 saturated heterocycles. The summed E-state index contributed by atoms with van der Waals surface area (Å²) in [4.78, 5) is 9.02. The van der Waals surface area contributed by atoms with Crippen molar-refractivity contribution in [1.29, 1.82) is 0 Å². The van der Waals surface area contributed by atoms with Gasteiger partial charge in [-0.05, 0) is 38.5 Å². The highest BCUT2D eigenvalue weighted by atomic mass is 16.5. The van der Waals surface area contributed by atoms with E-state index in [0.717, 1.165) is 45.1 Å². The van der Waals surface area contributed by atoms with Crippen LogP contribution in [0.15, 0.2) is 24.5 Å². The number of nitrogens with zero attached hydrogens (tertiary/aromatic N) is 3. The molecular formula is C17H20N4O. The number of ether oxygens (including phenoxy) is 1. The number of nitrogens with one attached hydrogen (secondary N) is 1. The van der Waals surface area contributed by atoms with E-state index in [2.05, 4.69) is 35.2 Å². The van der Waals surface area contributed by atoms with Crippen molar-refractivity contribution >= 4 is 22.5 Å². The molecule has 0 radical (unpaired) electrons. The van der Waals surface area contributed by atoms with Crippen LogP contribution < -0.4 is 10.1 Å². The number of anilines is 2. The van der Waals surface area contributed by atoms with Crippen molar-refractivity contribution < 1.29 is 4.74 Å². The predicted octanol–water partition coefficient (Wildman–Crippen LogP) is 3.65. The minimum absolute atomic E-state index is 0.870. The fraction of sp³-hybridized carbons (Fsp3) is 0.294. The topological polar surface area (TPSA) is 52.0 Å². The van der Waals surface area contributed by atoms with Gasteiger partial charge in [-0.3, -0.25) is 0 Å². The predicted molar refractivity (Wildman–Crippen MR) is 89.0 cm³/mol. The monoisotopic (exact) mass is 296 g/mol. The van der Waals surface area contributed by atoms with Gasteiger partial charge in [-0.1, -0.05) is 6.07 Å². The van der Waals surface area contributed by atoms with Crippen molar-refractivity contribution in [2.24, 2.45) is 7.05 Å². The van der Waals surface area contributed by atoms with E-state index < -0.39 is 0 Å². The van der Waals surface area contributed by atoms with E-state index in [4.69, 9.17) is 4.74 Å². The Bertz CT molecular complexity index is 851. The van der Waals surface area contributed by atoms with E-state index in [0.29, 0.717) is 0 Å². The largest absolute Gasteiger partial charge is 0.496 e. The van der Waals surface area contributed by atoms with Crippen LogP contribution in [0.3, 0.4) is 0 Å². The van der Waals surface area contributed by atoms with Crippen LogP contribution >= 0.6 is 0 Å².